The van der Waals surface area contributed by atoms with Crippen molar-refractivity contribution in [3.8, 4) is 33.4 Å². The molecule has 0 unspecified atom stereocenters. The SMILES string of the molecule is CC1(C)c2ccccc2-c2ccc(N(c3ccc4ccccc4c3)c3ccc4c5c(cccc35)Sc3cc(N(c5cccc(-c6ccccc6)c5)c5ccc6oc7ccccc7c6c5)ccc3-4)cc21. The summed E-state index contributed by atoms with van der Waals surface area (Å²) >= 11 is 1.87. The lowest BCUT2D eigenvalue weighted by Crippen LogP contribution is -2.16. The van der Waals surface area contributed by atoms with Crippen LogP contribution in [0.4, 0.5) is 34.1 Å². The quantitative estimate of drug-likeness (QED) is 0.159. The van der Waals surface area contributed by atoms with E-state index in [1.165, 1.54) is 75.8 Å². The first-order chi connectivity index (χ1) is 33.9. The maximum Gasteiger partial charge on any atom is 0.135 e. The minimum Gasteiger partial charge on any atom is -0.456 e. The van der Waals surface area contributed by atoms with Crippen LogP contribution in [0.25, 0.3) is 76.9 Å². The molecule has 69 heavy (non-hydrogen) atoms. The standard InChI is InChI=1S/C65H44N2OS/c1-65(2)57-23-10-8-20-50(57)51-31-28-48(39-58(51)65)67(46-27-26-42-16-6-7-17-43(42)37-46)59-34-33-54-53-32-29-49(40-63(53)69-62-25-13-22-55(59)64(54)62)66(45-19-12-18-44(36-45)41-14-4-3-5-15-41)47-30-35-61-56(38-47)52-21-9-11-24-60(52)68-61/h3-40H,1-2H3. The van der Waals surface area contributed by atoms with Gasteiger partial charge in [0.2, 0.25) is 0 Å². The number of fused-ring (bicyclic) bond motifs is 9. The Balaban J connectivity index is 0.921. The predicted molar refractivity (Wildman–Crippen MR) is 291 cm³/mol. The molecule has 1 aliphatic heterocycles. The lowest BCUT2D eigenvalue weighted by Gasteiger charge is -2.31. The van der Waals surface area contributed by atoms with Gasteiger partial charge in [-0.05, 0) is 140 Å². The summed E-state index contributed by atoms with van der Waals surface area (Å²) in [7, 11) is 0. The van der Waals surface area contributed by atoms with Crippen LogP contribution in [0.5, 0.6) is 0 Å². The Hall–Kier alpha value is -8.31. The number of para-hydroxylation sites is 1. The lowest BCUT2D eigenvalue weighted by molar-refractivity contribution is 0.660. The number of anilines is 6. The van der Waals surface area contributed by atoms with Crippen LogP contribution in [0.15, 0.2) is 245 Å². The number of hydrogen-bond donors (Lipinski definition) is 0. The van der Waals surface area contributed by atoms with E-state index >= 15 is 0 Å². The second-order valence-corrected chi connectivity index (χ2v) is 20.0. The molecule has 0 saturated heterocycles. The molecule has 0 amide bonds. The highest BCUT2D eigenvalue weighted by Gasteiger charge is 2.36. The average Bonchev–Trinajstić information content (AvgIpc) is 3.88. The molecule has 12 aromatic rings. The zero-order valence-electron chi connectivity index (χ0n) is 38.2. The number of nitrogens with zero attached hydrogens (tertiary/aromatic N) is 2. The Labute approximate surface area is 405 Å². The molecule has 2 aliphatic rings. The third-order valence-corrected chi connectivity index (χ3v) is 15.7. The Morgan fingerprint density at radius 2 is 1.00 bits per heavy atom. The fraction of sp³-hybridized carbons (Fsp3) is 0.0462. The fourth-order valence-electron chi connectivity index (χ4n) is 11.3. The number of hydrogen-bond acceptors (Lipinski definition) is 4. The van der Waals surface area contributed by atoms with Crippen molar-refractivity contribution in [2.75, 3.05) is 9.80 Å². The second kappa shape index (κ2) is 15.4. The van der Waals surface area contributed by atoms with Crippen LogP contribution in [-0.4, -0.2) is 0 Å². The van der Waals surface area contributed by atoms with Crippen LogP contribution in [0, 0.1) is 0 Å². The summed E-state index contributed by atoms with van der Waals surface area (Å²) in [6.07, 6.45) is 0. The van der Waals surface area contributed by atoms with Crippen LogP contribution in [0.1, 0.15) is 25.0 Å². The van der Waals surface area contributed by atoms with Gasteiger partial charge in [0.1, 0.15) is 11.2 Å². The van der Waals surface area contributed by atoms with E-state index < -0.39 is 0 Å². The first kappa shape index (κ1) is 39.8. The monoisotopic (exact) mass is 900 g/mol. The third kappa shape index (κ3) is 6.29. The molecule has 0 bridgehead atoms. The van der Waals surface area contributed by atoms with E-state index in [1.54, 1.807) is 0 Å². The fourth-order valence-corrected chi connectivity index (χ4v) is 12.4. The van der Waals surface area contributed by atoms with Gasteiger partial charge in [0.25, 0.3) is 0 Å². The molecule has 0 atom stereocenters. The molecule has 326 valence electrons. The summed E-state index contributed by atoms with van der Waals surface area (Å²) in [4.78, 5) is 7.36. The molecule has 0 spiro atoms. The summed E-state index contributed by atoms with van der Waals surface area (Å²) < 4.78 is 6.31. The average molecular weight is 901 g/mol. The van der Waals surface area contributed by atoms with Crippen LogP contribution < -0.4 is 9.80 Å². The van der Waals surface area contributed by atoms with E-state index in [-0.39, 0.29) is 5.41 Å². The predicted octanol–water partition coefficient (Wildman–Crippen LogP) is 18.9. The maximum atomic E-state index is 6.31. The number of furan rings is 1. The van der Waals surface area contributed by atoms with Crippen LogP contribution >= 0.6 is 11.8 Å². The van der Waals surface area contributed by atoms with Gasteiger partial charge < -0.3 is 14.2 Å². The van der Waals surface area contributed by atoms with Crippen molar-refractivity contribution in [3.05, 3.63) is 242 Å². The molecule has 0 saturated carbocycles. The highest BCUT2D eigenvalue weighted by atomic mass is 32.2. The zero-order chi connectivity index (χ0) is 45.8. The van der Waals surface area contributed by atoms with Crippen molar-refractivity contribution in [3.63, 3.8) is 0 Å². The van der Waals surface area contributed by atoms with Crippen LogP contribution in [0.3, 0.4) is 0 Å². The van der Waals surface area contributed by atoms with Gasteiger partial charge in [-0.1, -0.05) is 171 Å². The minimum absolute atomic E-state index is 0.128. The van der Waals surface area contributed by atoms with Gasteiger partial charge >= 0.3 is 0 Å². The third-order valence-electron chi connectivity index (χ3n) is 14.6. The molecule has 4 heteroatoms. The Bertz CT molecular complexity index is 4050. The van der Waals surface area contributed by atoms with Crippen LogP contribution in [0.2, 0.25) is 0 Å². The van der Waals surface area contributed by atoms with E-state index in [1.807, 2.05) is 23.9 Å². The smallest absolute Gasteiger partial charge is 0.135 e. The molecule has 0 radical (unpaired) electrons. The molecule has 1 aliphatic carbocycles. The highest BCUT2D eigenvalue weighted by molar-refractivity contribution is 7.99. The Morgan fingerprint density at radius 3 is 1.91 bits per heavy atom. The van der Waals surface area contributed by atoms with E-state index in [9.17, 15) is 0 Å². The van der Waals surface area contributed by atoms with Gasteiger partial charge in [-0.2, -0.15) is 0 Å². The van der Waals surface area contributed by atoms with Gasteiger partial charge in [0.15, 0.2) is 0 Å². The topological polar surface area (TPSA) is 19.6 Å². The van der Waals surface area contributed by atoms with Gasteiger partial charge in [-0.25, -0.2) is 0 Å². The zero-order valence-corrected chi connectivity index (χ0v) is 39.0. The van der Waals surface area contributed by atoms with Crippen molar-refractivity contribution >= 4 is 89.4 Å². The van der Waals surface area contributed by atoms with E-state index in [4.69, 9.17) is 4.42 Å². The molecular weight excluding hydrogens is 857 g/mol. The molecular formula is C65H44N2OS. The maximum absolute atomic E-state index is 6.31. The molecule has 14 rings (SSSR count). The summed E-state index contributed by atoms with van der Waals surface area (Å²) in [5.41, 5.74) is 18.6. The van der Waals surface area contributed by atoms with Gasteiger partial charge in [0, 0.05) is 65.2 Å². The van der Waals surface area contributed by atoms with Gasteiger partial charge in [-0.15, -0.1) is 0 Å². The first-order valence-electron chi connectivity index (χ1n) is 23.7. The molecule has 0 N–H and O–H groups in total. The highest BCUT2D eigenvalue weighted by Crippen LogP contribution is 2.55. The summed E-state index contributed by atoms with van der Waals surface area (Å²) in [6, 6.07) is 84.6. The van der Waals surface area contributed by atoms with E-state index in [0.717, 1.165) is 56.1 Å². The van der Waals surface area contributed by atoms with Crippen molar-refractivity contribution in [1.29, 1.82) is 0 Å². The molecule has 11 aromatic carbocycles. The summed E-state index contributed by atoms with van der Waals surface area (Å²) in [5.74, 6) is 0. The molecule has 2 heterocycles. The van der Waals surface area contributed by atoms with Crippen LogP contribution in [-0.2, 0) is 5.41 Å². The van der Waals surface area contributed by atoms with Crippen molar-refractivity contribution in [1.82, 2.24) is 0 Å². The Morgan fingerprint density at radius 1 is 0.362 bits per heavy atom. The second-order valence-electron chi connectivity index (χ2n) is 18.9. The number of rotatable bonds is 7. The van der Waals surface area contributed by atoms with Gasteiger partial charge in [0.05, 0.1) is 5.69 Å². The summed E-state index contributed by atoms with van der Waals surface area (Å²) in [5, 5.41) is 7.17. The van der Waals surface area contributed by atoms with E-state index in [0.29, 0.717) is 0 Å². The molecule has 0 fully saturated rings. The minimum atomic E-state index is -0.128. The van der Waals surface area contributed by atoms with E-state index in [2.05, 4.69) is 242 Å². The van der Waals surface area contributed by atoms with Gasteiger partial charge in [-0.3, -0.25) is 0 Å². The summed E-state index contributed by atoms with van der Waals surface area (Å²) in [6.45, 7) is 4.73. The molecule has 3 nitrogen and oxygen atoms in total. The number of benzene rings is 11. The van der Waals surface area contributed by atoms with Crippen molar-refractivity contribution < 1.29 is 4.42 Å². The Kier molecular flexibility index (Phi) is 8.87. The first-order valence-corrected chi connectivity index (χ1v) is 24.5. The lowest BCUT2D eigenvalue weighted by atomic mass is 9.82. The normalized spacial score (nSPS) is 13.1. The van der Waals surface area contributed by atoms with Crippen molar-refractivity contribution in [2.45, 2.75) is 29.1 Å². The molecule has 1 aromatic heterocycles. The largest absolute Gasteiger partial charge is 0.456 e. The van der Waals surface area contributed by atoms with Crippen molar-refractivity contribution in [2.24, 2.45) is 0 Å².